The minimum absolute atomic E-state index is 0.0745. The van der Waals surface area contributed by atoms with Crippen LogP contribution in [0.5, 0.6) is 23.0 Å². The number of carbonyl (C=O) groups excluding carboxylic acids is 1. The number of hydrogen-bond acceptors (Lipinski definition) is 7. The van der Waals surface area contributed by atoms with Crippen LogP contribution >= 0.6 is 11.6 Å². The summed E-state index contributed by atoms with van der Waals surface area (Å²) in [5.74, 6) is 1.58. The second kappa shape index (κ2) is 12.4. The molecule has 182 valence electrons. The molecule has 2 rings (SSSR count). The molecule has 11 heteroatoms. The number of sulfonamides is 1. The van der Waals surface area contributed by atoms with Crippen LogP contribution in [0, 0.1) is 0 Å². The third-order valence-electron chi connectivity index (χ3n) is 4.64. The molecule has 0 unspecified atom stereocenters. The normalized spacial score (nSPS) is 10.9. The van der Waals surface area contributed by atoms with Gasteiger partial charge < -0.3 is 24.3 Å². The number of para-hydroxylation sites is 2. The first-order valence-electron chi connectivity index (χ1n) is 10.1. The Balaban J connectivity index is 1.91. The minimum Gasteiger partial charge on any atom is -0.495 e. The highest BCUT2D eigenvalue weighted by Gasteiger charge is 2.23. The molecule has 0 spiro atoms. The largest absolute Gasteiger partial charge is 0.495 e. The molecular formula is C22H29ClN2O7S. The maximum atomic E-state index is 12.4. The van der Waals surface area contributed by atoms with Crippen LogP contribution in [-0.4, -0.2) is 61.6 Å². The van der Waals surface area contributed by atoms with Crippen LogP contribution in [0.3, 0.4) is 0 Å². The molecule has 2 aromatic carbocycles. The molecule has 0 radical (unpaired) electrons. The number of ether oxygens (including phenoxy) is 4. The smallest absolute Gasteiger partial charge is 0.232 e. The van der Waals surface area contributed by atoms with Gasteiger partial charge in [0.15, 0.2) is 11.5 Å². The van der Waals surface area contributed by atoms with Crippen LogP contribution in [0.15, 0.2) is 36.4 Å². The standard InChI is InChI=1S/C22H29ClN2O7S/c1-29-18-8-5-6-9-19(18)32-13-11-24-22(26)10-7-12-25(33(4,27)28)17-15-20(30-2)16(23)14-21(17)31-3/h5-6,8-9,14-15H,7,10-13H2,1-4H3,(H,24,26). The van der Waals surface area contributed by atoms with Gasteiger partial charge in [0.1, 0.15) is 18.1 Å². The lowest BCUT2D eigenvalue weighted by molar-refractivity contribution is -0.121. The molecule has 33 heavy (non-hydrogen) atoms. The van der Waals surface area contributed by atoms with E-state index in [2.05, 4.69) is 5.32 Å². The quantitative estimate of drug-likeness (QED) is 0.421. The number of methoxy groups -OCH3 is 3. The van der Waals surface area contributed by atoms with Gasteiger partial charge in [0.05, 0.1) is 44.8 Å². The molecule has 0 fully saturated rings. The van der Waals surface area contributed by atoms with Gasteiger partial charge in [-0.2, -0.15) is 0 Å². The van der Waals surface area contributed by atoms with Gasteiger partial charge in [0.2, 0.25) is 15.9 Å². The summed E-state index contributed by atoms with van der Waals surface area (Å²) in [5.41, 5.74) is 0.284. The van der Waals surface area contributed by atoms with Crippen molar-refractivity contribution in [2.45, 2.75) is 12.8 Å². The molecule has 1 N–H and O–H groups in total. The van der Waals surface area contributed by atoms with Crippen molar-refractivity contribution < 1.29 is 32.2 Å². The van der Waals surface area contributed by atoms with Crippen molar-refractivity contribution in [2.75, 3.05) is 51.6 Å². The maximum Gasteiger partial charge on any atom is 0.232 e. The van der Waals surface area contributed by atoms with Gasteiger partial charge in [-0.15, -0.1) is 0 Å². The van der Waals surface area contributed by atoms with E-state index in [0.717, 1.165) is 6.26 Å². The zero-order valence-corrected chi connectivity index (χ0v) is 20.7. The molecule has 0 atom stereocenters. The molecule has 1 amide bonds. The van der Waals surface area contributed by atoms with Crippen molar-refractivity contribution in [3.05, 3.63) is 41.4 Å². The summed E-state index contributed by atoms with van der Waals surface area (Å²) < 4.78 is 47.4. The number of benzene rings is 2. The van der Waals surface area contributed by atoms with Crippen molar-refractivity contribution in [1.29, 1.82) is 0 Å². The molecule has 2 aromatic rings. The van der Waals surface area contributed by atoms with E-state index in [1.165, 1.54) is 30.7 Å². The zero-order valence-electron chi connectivity index (χ0n) is 19.1. The van der Waals surface area contributed by atoms with Gasteiger partial charge in [0.25, 0.3) is 0 Å². The number of anilines is 1. The van der Waals surface area contributed by atoms with Crippen molar-refractivity contribution in [3.63, 3.8) is 0 Å². The Bertz CT molecular complexity index is 1050. The topological polar surface area (TPSA) is 103 Å². The van der Waals surface area contributed by atoms with E-state index in [4.69, 9.17) is 30.5 Å². The number of amides is 1. The molecular weight excluding hydrogens is 472 g/mol. The molecule has 0 bridgehead atoms. The first-order chi connectivity index (χ1) is 15.7. The van der Waals surface area contributed by atoms with Crippen LogP contribution < -0.4 is 28.6 Å². The second-order valence-corrected chi connectivity index (χ2v) is 9.26. The molecule has 0 aliphatic heterocycles. The van der Waals surface area contributed by atoms with Gasteiger partial charge in [0, 0.05) is 25.1 Å². The lowest BCUT2D eigenvalue weighted by Crippen LogP contribution is -2.33. The number of carbonyl (C=O) groups is 1. The number of rotatable bonds is 13. The van der Waals surface area contributed by atoms with Gasteiger partial charge >= 0.3 is 0 Å². The molecule has 0 heterocycles. The van der Waals surface area contributed by atoms with Crippen LogP contribution in [0.4, 0.5) is 5.69 Å². The van der Waals surface area contributed by atoms with E-state index in [9.17, 15) is 13.2 Å². The Morgan fingerprint density at radius 3 is 2.24 bits per heavy atom. The zero-order chi connectivity index (χ0) is 24.4. The number of halogens is 1. The Kier molecular flexibility index (Phi) is 9.93. The minimum atomic E-state index is -3.65. The highest BCUT2D eigenvalue weighted by atomic mass is 35.5. The fraction of sp³-hybridized carbons (Fsp3) is 0.409. The predicted molar refractivity (Wildman–Crippen MR) is 127 cm³/mol. The molecule has 0 aromatic heterocycles. The summed E-state index contributed by atoms with van der Waals surface area (Å²) in [6.07, 6.45) is 1.51. The molecule has 0 aliphatic carbocycles. The SMILES string of the molecule is COc1cc(N(CCCC(=O)NCCOc2ccccc2OC)S(C)(=O)=O)c(OC)cc1Cl. The monoisotopic (exact) mass is 500 g/mol. The maximum absolute atomic E-state index is 12.4. The first-order valence-corrected chi connectivity index (χ1v) is 12.4. The van der Waals surface area contributed by atoms with Crippen LogP contribution in [0.1, 0.15) is 12.8 Å². The third kappa shape index (κ3) is 7.61. The van der Waals surface area contributed by atoms with Gasteiger partial charge in [-0.3, -0.25) is 9.10 Å². The average Bonchev–Trinajstić information content (AvgIpc) is 2.79. The molecule has 0 saturated carbocycles. The highest BCUT2D eigenvalue weighted by molar-refractivity contribution is 7.92. The average molecular weight is 501 g/mol. The van der Waals surface area contributed by atoms with Crippen molar-refractivity contribution in [2.24, 2.45) is 0 Å². The van der Waals surface area contributed by atoms with E-state index >= 15 is 0 Å². The van der Waals surface area contributed by atoms with E-state index < -0.39 is 10.0 Å². The second-order valence-electron chi connectivity index (χ2n) is 6.95. The Hall–Kier alpha value is -2.85. The molecule has 9 nitrogen and oxygen atoms in total. The van der Waals surface area contributed by atoms with Crippen LogP contribution in [-0.2, 0) is 14.8 Å². The molecule has 0 aliphatic rings. The van der Waals surface area contributed by atoms with E-state index in [1.54, 1.807) is 19.2 Å². The number of hydrogen-bond donors (Lipinski definition) is 1. The summed E-state index contributed by atoms with van der Waals surface area (Å²) in [4.78, 5) is 12.2. The van der Waals surface area contributed by atoms with Gasteiger partial charge in [-0.05, 0) is 18.6 Å². The van der Waals surface area contributed by atoms with Gasteiger partial charge in [-0.1, -0.05) is 23.7 Å². The fourth-order valence-corrected chi connectivity index (χ4v) is 4.26. The molecule has 0 saturated heterocycles. The summed E-state index contributed by atoms with van der Waals surface area (Å²) in [6, 6.07) is 10.2. The number of nitrogens with one attached hydrogen (secondary N) is 1. The summed E-state index contributed by atoms with van der Waals surface area (Å²) in [6.45, 7) is 0.642. The lowest BCUT2D eigenvalue weighted by atomic mass is 10.2. The van der Waals surface area contributed by atoms with Gasteiger partial charge in [-0.25, -0.2) is 8.42 Å². The summed E-state index contributed by atoms with van der Waals surface area (Å²) in [5, 5.41) is 3.05. The van der Waals surface area contributed by atoms with Crippen molar-refractivity contribution >= 4 is 33.2 Å². The van der Waals surface area contributed by atoms with E-state index in [0.29, 0.717) is 35.2 Å². The highest BCUT2D eigenvalue weighted by Crippen LogP contribution is 2.39. The predicted octanol–water partition coefficient (Wildman–Crippen LogP) is 3.11. The van der Waals surface area contributed by atoms with E-state index in [1.807, 2.05) is 12.1 Å². The number of nitrogens with zero attached hydrogens (tertiary/aromatic N) is 1. The van der Waals surface area contributed by atoms with E-state index in [-0.39, 0.29) is 36.9 Å². The Morgan fingerprint density at radius 1 is 1.00 bits per heavy atom. The van der Waals surface area contributed by atoms with Crippen molar-refractivity contribution in [1.82, 2.24) is 5.32 Å². The fourth-order valence-electron chi connectivity index (χ4n) is 3.07. The third-order valence-corrected chi connectivity index (χ3v) is 6.11. The first kappa shape index (κ1) is 26.4. The van der Waals surface area contributed by atoms with Crippen LogP contribution in [0.25, 0.3) is 0 Å². The summed E-state index contributed by atoms with van der Waals surface area (Å²) >= 11 is 6.12. The van der Waals surface area contributed by atoms with Crippen LogP contribution in [0.2, 0.25) is 5.02 Å². The Morgan fingerprint density at radius 2 is 1.64 bits per heavy atom. The Labute approximate surface area is 199 Å². The van der Waals surface area contributed by atoms with Crippen molar-refractivity contribution in [3.8, 4) is 23.0 Å². The summed E-state index contributed by atoms with van der Waals surface area (Å²) in [7, 11) is 0.756. The lowest BCUT2D eigenvalue weighted by Gasteiger charge is -2.25.